The summed E-state index contributed by atoms with van der Waals surface area (Å²) < 4.78 is 5.18. The lowest BCUT2D eigenvalue weighted by Gasteiger charge is -2.08. The van der Waals surface area contributed by atoms with Crippen LogP contribution >= 0.6 is 0 Å². The first-order chi connectivity index (χ1) is 6.69. The minimum atomic E-state index is 0.389. The third-order valence-corrected chi connectivity index (χ3v) is 2.17. The Labute approximate surface area is 83.4 Å². The molecule has 3 heteroatoms. The van der Waals surface area contributed by atoms with E-state index >= 15 is 0 Å². The molecule has 0 unspecified atom stereocenters. The summed E-state index contributed by atoms with van der Waals surface area (Å²) in [4.78, 5) is 13.5. The average Bonchev–Trinajstić information content (AvgIpc) is 2.18. The zero-order chi connectivity index (χ0) is 10.6. The van der Waals surface area contributed by atoms with E-state index in [2.05, 4.69) is 4.99 Å². The van der Waals surface area contributed by atoms with Crippen molar-refractivity contribution in [1.82, 2.24) is 0 Å². The number of hydrogen-bond acceptors (Lipinski definition) is 3. The van der Waals surface area contributed by atoms with E-state index in [0.29, 0.717) is 6.54 Å². The Morgan fingerprint density at radius 1 is 1.36 bits per heavy atom. The smallest absolute Gasteiger partial charge is 0.235 e. The Morgan fingerprint density at radius 2 is 2.07 bits per heavy atom. The lowest BCUT2D eigenvalue weighted by Crippen LogP contribution is -1.93. The number of rotatable bonds is 3. The molecule has 0 saturated carbocycles. The van der Waals surface area contributed by atoms with Crippen molar-refractivity contribution in [1.29, 1.82) is 0 Å². The number of aryl methyl sites for hydroxylation is 2. The fraction of sp³-hybridized carbons (Fsp3) is 0.364. The Kier molecular flexibility index (Phi) is 3.43. The van der Waals surface area contributed by atoms with Crippen LogP contribution in [0.1, 0.15) is 16.7 Å². The van der Waals surface area contributed by atoms with Gasteiger partial charge in [0.2, 0.25) is 6.08 Å². The van der Waals surface area contributed by atoms with Gasteiger partial charge in [0.15, 0.2) is 0 Å². The number of methoxy groups -OCH3 is 1. The first kappa shape index (κ1) is 10.5. The molecule has 0 N–H and O–H groups in total. The van der Waals surface area contributed by atoms with Crippen LogP contribution in [0.3, 0.4) is 0 Å². The van der Waals surface area contributed by atoms with Crippen LogP contribution in [0.25, 0.3) is 0 Å². The molecular weight excluding hydrogens is 178 g/mol. The lowest BCUT2D eigenvalue weighted by molar-refractivity contribution is 0.411. The fourth-order valence-electron chi connectivity index (χ4n) is 1.36. The third kappa shape index (κ3) is 2.21. The number of isocyanates is 1. The Morgan fingerprint density at radius 3 is 2.64 bits per heavy atom. The van der Waals surface area contributed by atoms with Gasteiger partial charge in [-0.1, -0.05) is 6.07 Å². The molecule has 0 saturated heterocycles. The molecule has 1 rings (SSSR count). The second-order valence-corrected chi connectivity index (χ2v) is 3.16. The largest absolute Gasteiger partial charge is 0.496 e. The molecule has 0 aliphatic rings. The molecular formula is C11H13NO2. The summed E-state index contributed by atoms with van der Waals surface area (Å²) in [5, 5.41) is 0. The van der Waals surface area contributed by atoms with Gasteiger partial charge < -0.3 is 4.74 Å². The van der Waals surface area contributed by atoms with E-state index in [9.17, 15) is 4.79 Å². The second-order valence-electron chi connectivity index (χ2n) is 3.16. The zero-order valence-corrected chi connectivity index (χ0v) is 8.63. The first-order valence-electron chi connectivity index (χ1n) is 4.36. The molecule has 0 fully saturated rings. The predicted octanol–water partition coefficient (Wildman–Crippen LogP) is 2.15. The van der Waals surface area contributed by atoms with E-state index in [1.54, 1.807) is 7.11 Å². The van der Waals surface area contributed by atoms with Crippen LogP contribution < -0.4 is 4.74 Å². The van der Waals surface area contributed by atoms with Crippen molar-refractivity contribution in [2.24, 2.45) is 4.99 Å². The number of nitrogens with zero attached hydrogens (tertiary/aromatic N) is 1. The highest BCUT2D eigenvalue weighted by Gasteiger charge is 2.03. The van der Waals surface area contributed by atoms with Gasteiger partial charge in [-0.3, -0.25) is 0 Å². The van der Waals surface area contributed by atoms with Gasteiger partial charge in [0.05, 0.1) is 13.7 Å². The summed E-state index contributed by atoms with van der Waals surface area (Å²) in [5.41, 5.74) is 3.16. The minimum absolute atomic E-state index is 0.389. The summed E-state index contributed by atoms with van der Waals surface area (Å²) in [7, 11) is 1.64. The van der Waals surface area contributed by atoms with Gasteiger partial charge >= 0.3 is 0 Å². The highest BCUT2D eigenvalue weighted by Crippen LogP contribution is 2.22. The number of carbonyl (C=O) groups excluding carboxylic acids is 1. The second kappa shape index (κ2) is 4.58. The van der Waals surface area contributed by atoms with Gasteiger partial charge in [0, 0.05) is 0 Å². The highest BCUT2D eigenvalue weighted by atomic mass is 16.5. The van der Waals surface area contributed by atoms with Crippen LogP contribution in [0.2, 0.25) is 0 Å². The van der Waals surface area contributed by atoms with Crippen molar-refractivity contribution in [3.63, 3.8) is 0 Å². The molecule has 0 radical (unpaired) electrons. The molecule has 0 amide bonds. The molecule has 0 aliphatic heterocycles. The topological polar surface area (TPSA) is 38.7 Å². The quantitative estimate of drug-likeness (QED) is 0.542. The third-order valence-electron chi connectivity index (χ3n) is 2.17. The van der Waals surface area contributed by atoms with Crippen molar-refractivity contribution in [3.05, 3.63) is 28.8 Å². The molecule has 0 atom stereocenters. The normalized spacial score (nSPS) is 9.36. The summed E-state index contributed by atoms with van der Waals surface area (Å²) >= 11 is 0. The summed E-state index contributed by atoms with van der Waals surface area (Å²) in [5.74, 6) is 0.862. The van der Waals surface area contributed by atoms with Crippen LogP contribution in [0.5, 0.6) is 5.75 Å². The molecule has 0 spiro atoms. The van der Waals surface area contributed by atoms with E-state index in [4.69, 9.17) is 4.74 Å². The van der Waals surface area contributed by atoms with E-state index in [1.165, 1.54) is 6.08 Å². The monoisotopic (exact) mass is 191 g/mol. The number of aliphatic imine (C=N–C) groups is 1. The van der Waals surface area contributed by atoms with Crippen LogP contribution in [-0.4, -0.2) is 13.2 Å². The van der Waals surface area contributed by atoms with Crippen LogP contribution in [0.4, 0.5) is 0 Å². The van der Waals surface area contributed by atoms with Gasteiger partial charge in [0.1, 0.15) is 5.75 Å². The number of hydrogen-bond donors (Lipinski definition) is 0. The van der Waals surface area contributed by atoms with Gasteiger partial charge in [-0.15, -0.1) is 0 Å². The molecule has 1 aromatic rings. The standard InChI is InChI=1S/C11H13NO2/c1-8-5-11(14-3)9(2)4-10(8)6-12-7-13/h4-5H,6H2,1-3H3. The van der Waals surface area contributed by atoms with Crippen molar-refractivity contribution in [3.8, 4) is 5.75 Å². The van der Waals surface area contributed by atoms with E-state index in [1.807, 2.05) is 26.0 Å². The molecule has 1 aromatic carbocycles. The molecule has 14 heavy (non-hydrogen) atoms. The molecule has 0 aromatic heterocycles. The van der Waals surface area contributed by atoms with Crippen LogP contribution in [-0.2, 0) is 11.3 Å². The lowest BCUT2D eigenvalue weighted by atomic mass is 10.0. The number of benzene rings is 1. The molecule has 0 heterocycles. The Bertz CT molecular complexity index is 379. The van der Waals surface area contributed by atoms with Gasteiger partial charge in [-0.25, -0.2) is 9.79 Å². The summed E-state index contributed by atoms with van der Waals surface area (Å²) in [6.45, 7) is 4.32. The highest BCUT2D eigenvalue weighted by molar-refractivity contribution is 5.42. The van der Waals surface area contributed by atoms with Crippen molar-refractivity contribution >= 4 is 6.08 Å². The zero-order valence-electron chi connectivity index (χ0n) is 8.63. The molecule has 3 nitrogen and oxygen atoms in total. The average molecular weight is 191 g/mol. The van der Waals surface area contributed by atoms with Crippen molar-refractivity contribution in [2.45, 2.75) is 20.4 Å². The maximum Gasteiger partial charge on any atom is 0.235 e. The fourth-order valence-corrected chi connectivity index (χ4v) is 1.36. The van der Waals surface area contributed by atoms with Crippen molar-refractivity contribution < 1.29 is 9.53 Å². The minimum Gasteiger partial charge on any atom is -0.496 e. The van der Waals surface area contributed by atoms with Crippen LogP contribution in [0.15, 0.2) is 17.1 Å². The molecule has 0 bridgehead atoms. The van der Waals surface area contributed by atoms with E-state index in [-0.39, 0.29) is 0 Å². The van der Waals surface area contributed by atoms with Gasteiger partial charge in [0.25, 0.3) is 0 Å². The first-order valence-corrected chi connectivity index (χ1v) is 4.36. The maximum atomic E-state index is 9.98. The van der Waals surface area contributed by atoms with Gasteiger partial charge in [-0.2, -0.15) is 0 Å². The predicted molar refractivity (Wildman–Crippen MR) is 54.3 cm³/mol. The SMILES string of the molecule is COc1cc(C)c(CN=C=O)cc1C. The summed E-state index contributed by atoms with van der Waals surface area (Å²) in [6, 6.07) is 3.93. The van der Waals surface area contributed by atoms with Gasteiger partial charge in [-0.05, 0) is 36.6 Å². The summed E-state index contributed by atoms with van der Waals surface area (Å²) in [6.07, 6.45) is 1.54. The molecule has 0 aliphatic carbocycles. The molecule has 74 valence electrons. The van der Waals surface area contributed by atoms with E-state index in [0.717, 1.165) is 22.4 Å². The van der Waals surface area contributed by atoms with Crippen molar-refractivity contribution in [2.75, 3.05) is 7.11 Å². The Hall–Kier alpha value is -1.60. The van der Waals surface area contributed by atoms with E-state index < -0.39 is 0 Å². The Balaban J connectivity index is 3.08. The van der Waals surface area contributed by atoms with Crippen LogP contribution in [0, 0.1) is 13.8 Å². The maximum absolute atomic E-state index is 9.98. The number of ether oxygens (including phenoxy) is 1.